The van der Waals surface area contributed by atoms with Crippen LogP contribution in [0.25, 0.3) is 0 Å². The van der Waals surface area contributed by atoms with E-state index in [2.05, 4.69) is 5.32 Å². The molecule has 0 amide bonds. The Morgan fingerprint density at radius 1 is 1.47 bits per heavy atom. The van der Waals surface area contributed by atoms with Crippen LogP contribution >= 0.6 is 0 Å². The molecule has 1 heterocycles. The largest absolute Gasteiger partial charge is 0.377 e. The highest BCUT2D eigenvalue weighted by Gasteiger charge is 2.15. The molecule has 2 N–H and O–H groups in total. The summed E-state index contributed by atoms with van der Waals surface area (Å²) < 4.78 is 1.48. The topological polar surface area (TPSA) is 54.3 Å². The number of aliphatic hydroxyl groups is 1. The van der Waals surface area contributed by atoms with Crippen LogP contribution in [0.2, 0.25) is 0 Å². The van der Waals surface area contributed by atoms with Gasteiger partial charge in [0.15, 0.2) is 0 Å². The van der Waals surface area contributed by atoms with Gasteiger partial charge >= 0.3 is 0 Å². The third-order valence-electron chi connectivity index (χ3n) is 1.87. The molecule has 0 saturated heterocycles. The maximum Gasteiger partial charge on any atom is 0.250 e. The van der Waals surface area contributed by atoms with Crippen molar-refractivity contribution in [2.75, 3.05) is 0 Å². The van der Waals surface area contributed by atoms with Crippen LogP contribution in [-0.4, -0.2) is 21.4 Å². The first kappa shape index (κ1) is 11.9. The summed E-state index contributed by atoms with van der Waals surface area (Å²) in [5.74, 6) is 0. The Morgan fingerprint density at radius 3 is 2.67 bits per heavy atom. The minimum absolute atomic E-state index is 0.104. The second-order valence-electron chi connectivity index (χ2n) is 4.60. The lowest BCUT2D eigenvalue weighted by atomic mass is 10.1. The van der Waals surface area contributed by atoms with E-state index < -0.39 is 6.23 Å². The third-order valence-corrected chi connectivity index (χ3v) is 1.87. The van der Waals surface area contributed by atoms with Crippen LogP contribution < -0.4 is 10.9 Å². The summed E-state index contributed by atoms with van der Waals surface area (Å²) in [7, 11) is 0. The Morgan fingerprint density at radius 2 is 2.13 bits per heavy atom. The number of nitrogens with one attached hydrogen (secondary N) is 1. The van der Waals surface area contributed by atoms with Gasteiger partial charge in [-0.1, -0.05) is 6.07 Å². The number of aliphatic hydroxyl groups excluding tert-OH is 1. The molecule has 4 nitrogen and oxygen atoms in total. The van der Waals surface area contributed by atoms with Crippen molar-refractivity contribution in [3.05, 3.63) is 34.7 Å². The highest BCUT2D eigenvalue weighted by Crippen LogP contribution is 2.00. The Labute approximate surface area is 89.6 Å². The highest BCUT2D eigenvalue weighted by atomic mass is 16.3. The van der Waals surface area contributed by atoms with E-state index in [1.807, 2.05) is 20.8 Å². The van der Waals surface area contributed by atoms with Crippen LogP contribution in [0.15, 0.2) is 29.2 Å². The van der Waals surface area contributed by atoms with Crippen molar-refractivity contribution in [3.63, 3.8) is 0 Å². The van der Waals surface area contributed by atoms with Crippen LogP contribution in [-0.2, 0) is 6.54 Å². The molecule has 0 bridgehead atoms. The van der Waals surface area contributed by atoms with Gasteiger partial charge in [-0.2, -0.15) is 0 Å². The van der Waals surface area contributed by atoms with E-state index in [1.54, 1.807) is 18.3 Å². The standard InChI is InChI=1S/C11H18N2O2/c1-11(2,3)12-9(14)8-13-7-5-4-6-10(13)15/h4-7,9,12,14H,8H2,1-3H3. The zero-order chi connectivity index (χ0) is 11.5. The number of pyridine rings is 1. The summed E-state index contributed by atoms with van der Waals surface area (Å²) in [6.45, 7) is 6.15. The van der Waals surface area contributed by atoms with Crippen molar-refractivity contribution in [2.24, 2.45) is 0 Å². The summed E-state index contributed by atoms with van der Waals surface area (Å²) in [6.07, 6.45) is 0.945. The molecule has 84 valence electrons. The highest BCUT2D eigenvalue weighted by molar-refractivity contribution is 4.93. The second kappa shape index (κ2) is 4.59. The normalized spacial score (nSPS) is 13.9. The van der Waals surface area contributed by atoms with Gasteiger partial charge in [0.2, 0.25) is 0 Å². The summed E-state index contributed by atoms with van der Waals surface area (Å²) in [4.78, 5) is 11.3. The van der Waals surface area contributed by atoms with E-state index in [-0.39, 0.29) is 17.6 Å². The minimum Gasteiger partial charge on any atom is -0.377 e. The molecule has 15 heavy (non-hydrogen) atoms. The quantitative estimate of drug-likeness (QED) is 0.717. The minimum atomic E-state index is -0.718. The average molecular weight is 210 g/mol. The van der Waals surface area contributed by atoms with E-state index in [9.17, 15) is 9.90 Å². The van der Waals surface area contributed by atoms with Crippen LogP contribution in [0, 0.1) is 0 Å². The van der Waals surface area contributed by atoms with E-state index in [0.717, 1.165) is 0 Å². The monoisotopic (exact) mass is 210 g/mol. The molecule has 0 aliphatic heterocycles. The Bertz CT molecular complexity index is 365. The zero-order valence-corrected chi connectivity index (χ0v) is 9.40. The predicted molar refractivity (Wildman–Crippen MR) is 59.6 cm³/mol. The molecule has 0 aliphatic carbocycles. The van der Waals surface area contributed by atoms with Crippen molar-refractivity contribution in [3.8, 4) is 0 Å². The molecule has 0 saturated carbocycles. The molecule has 1 aromatic rings. The molecule has 0 radical (unpaired) electrons. The molecule has 4 heteroatoms. The Balaban J connectivity index is 2.63. The second-order valence-corrected chi connectivity index (χ2v) is 4.60. The Hall–Kier alpha value is -1.13. The van der Waals surface area contributed by atoms with Gasteiger partial charge in [-0.25, -0.2) is 0 Å². The van der Waals surface area contributed by atoms with E-state index in [4.69, 9.17) is 0 Å². The third kappa shape index (κ3) is 4.27. The van der Waals surface area contributed by atoms with Crippen molar-refractivity contribution in [1.82, 2.24) is 9.88 Å². The van der Waals surface area contributed by atoms with E-state index >= 15 is 0 Å². The van der Waals surface area contributed by atoms with Crippen molar-refractivity contribution in [2.45, 2.75) is 39.1 Å². The molecular weight excluding hydrogens is 192 g/mol. The first-order valence-electron chi connectivity index (χ1n) is 5.00. The van der Waals surface area contributed by atoms with Crippen LogP contribution in [0.3, 0.4) is 0 Å². The summed E-state index contributed by atoms with van der Waals surface area (Å²) >= 11 is 0. The molecule has 1 atom stereocenters. The van der Waals surface area contributed by atoms with E-state index in [1.165, 1.54) is 10.6 Å². The van der Waals surface area contributed by atoms with Crippen molar-refractivity contribution < 1.29 is 5.11 Å². The molecule has 1 unspecified atom stereocenters. The van der Waals surface area contributed by atoms with Gasteiger partial charge in [0.1, 0.15) is 6.23 Å². The fraction of sp³-hybridized carbons (Fsp3) is 0.545. The molecule has 0 fully saturated rings. The predicted octanol–water partition coefficient (Wildman–Crippen LogP) is 0.555. The van der Waals surface area contributed by atoms with Crippen LogP contribution in [0.1, 0.15) is 20.8 Å². The number of hydrogen-bond acceptors (Lipinski definition) is 3. The van der Waals surface area contributed by atoms with Gasteiger partial charge in [0, 0.05) is 17.8 Å². The zero-order valence-electron chi connectivity index (χ0n) is 9.40. The first-order chi connectivity index (χ1) is 6.88. The Kier molecular flexibility index (Phi) is 3.66. The maximum atomic E-state index is 11.3. The van der Waals surface area contributed by atoms with Crippen molar-refractivity contribution >= 4 is 0 Å². The molecule has 0 aliphatic rings. The van der Waals surface area contributed by atoms with Gasteiger partial charge in [0.05, 0.1) is 6.54 Å². The molecule has 1 rings (SSSR count). The van der Waals surface area contributed by atoms with Crippen molar-refractivity contribution in [1.29, 1.82) is 0 Å². The van der Waals surface area contributed by atoms with Crippen LogP contribution in [0.4, 0.5) is 0 Å². The molecule has 0 spiro atoms. The number of hydrogen-bond donors (Lipinski definition) is 2. The van der Waals surface area contributed by atoms with Gasteiger partial charge in [-0.3, -0.25) is 10.1 Å². The lowest BCUT2D eigenvalue weighted by Gasteiger charge is -2.25. The number of nitrogens with zero attached hydrogens (tertiary/aromatic N) is 1. The lowest BCUT2D eigenvalue weighted by Crippen LogP contribution is -2.46. The summed E-state index contributed by atoms with van der Waals surface area (Å²) in [5.41, 5.74) is -0.273. The van der Waals surface area contributed by atoms with Crippen LogP contribution in [0.5, 0.6) is 0 Å². The first-order valence-corrected chi connectivity index (χ1v) is 5.00. The van der Waals surface area contributed by atoms with Gasteiger partial charge in [-0.15, -0.1) is 0 Å². The maximum absolute atomic E-state index is 11.3. The average Bonchev–Trinajstić information content (AvgIpc) is 2.05. The lowest BCUT2D eigenvalue weighted by molar-refractivity contribution is 0.0884. The van der Waals surface area contributed by atoms with E-state index in [0.29, 0.717) is 0 Å². The van der Waals surface area contributed by atoms with Gasteiger partial charge in [0.25, 0.3) is 5.56 Å². The number of rotatable bonds is 3. The summed E-state index contributed by atoms with van der Waals surface area (Å²) in [6, 6.07) is 4.93. The fourth-order valence-electron chi connectivity index (χ4n) is 1.34. The molecule has 0 aromatic carbocycles. The molecular formula is C11H18N2O2. The van der Waals surface area contributed by atoms with Gasteiger partial charge in [-0.05, 0) is 26.8 Å². The SMILES string of the molecule is CC(C)(C)NC(O)Cn1ccccc1=O. The number of aromatic nitrogens is 1. The smallest absolute Gasteiger partial charge is 0.250 e. The summed E-state index contributed by atoms with van der Waals surface area (Å²) in [5, 5.41) is 12.7. The van der Waals surface area contributed by atoms with Gasteiger partial charge < -0.3 is 9.67 Å². The molecule has 1 aromatic heterocycles. The fourth-order valence-corrected chi connectivity index (χ4v) is 1.34.